The van der Waals surface area contributed by atoms with Crippen molar-refractivity contribution >= 4 is 23.0 Å². The molecule has 2 heterocycles. The number of aromatic amines is 1. The minimum Gasteiger partial charge on any atom is -0.361 e. The van der Waals surface area contributed by atoms with Crippen molar-refractivity contribution in [2.24, 2.45) is 0 Å². The highest BCUT2D eigenvalue weighted by Crippen LogP contribution is 2.26. The van der Waals surface area contributed by atoms with Gasteiger partial charge in [0.2, 0.25) is 0 Å². The minimum atomic E-state index is -0.361. The van der Waals surface area contributed by atoms with Crippen molar-refractivity contribution in [3.8, 4) is 0 Å². The SMILES string of the molecule is Cc1nc2ccc(N(C)C(C=O)c3cccnc3)cc2[nH]1. The summed E-state index contributed by atoms with van der Waals surface area (Å²) in [5, 5.41) is 0. The summed E-state index contributed by atoms with van der Waals surface area (Å²) in [6.45, 7) is 1.92. The number of aryl methyl sites for hydroxylation is 1. The van der Waals surface area contributed by atoms with E-state index >= 15 is 0 Å². The van der Waals surface area contributed by atoms with Gasteiger partial charge >= 0.3 is 0 Å². The number of aldehydes is 1. The maximum absolute atomic E-state index is 11.5. The lowest BCUT2D eigenvalue weighted by molar-refractivity contribution is -0.109. The molecule has 1 N–H and O–H groups in total. The summed E-state index contributed by atoms with van der Waals surface area (Å²) < 4.78 is 0. The van der Waals surface area contributed by atoms with Crippen LogP contribution in [0.2, 0.25) is 0 Å². The van der Waals surface area contributed by atoms with E-state index in [-0.39, 0.29) is 6.04 Å². The van der Waals surface area contributed by atoms with Crippen molar-refractivity contribution in [3.63, 3.8) is 0 Å². The van der Waals surface area contributed by atoms with Crippen LogP contribution >= 0.6 is 0 Å². The van der Waals surface area contributed by atoms with Gasteiger partial charge in [-0.2, -0.15) is 0 Å². The molecule has 0 saturated heterocycles. The molecule has 2 aromatic heterocycles. The largest absolute Gasteiger partial charge is 0.361 e. The zero-order valence-corrected chi connectivity index (χ0v) is 11.9. The maximum Gasteiger partial charge on any atom is 0.147 e. The van der Waals surface area contributed by atoms with E-state index in [4.69, 9.17) is 0 Å². The van der Waals surface area contributed by atoms with Gasteiger partial charge in [-0.05, 0) is 36.8 Å². The number of hydrogen-bond donors (Lipinski definition) is 1. The van der Waals surface area contributed by atoms with Gasteiger partial charge in [0.25, 0.3) is 0 Å². The summed E-state index contributed by atoms with van der Waals surface area (Å²) in [4.78, 5) is 25.1. The summed E-state index contributed by atoms with van der Waals surface area (Å²) in [7, 11) is 1.90. The maximum atomic E-state index is 11.5. The standard InChI is InChI=1S/C16H16N4O/c1-11-18-14-6-5-13(8-15(14)19-11)20(2)16(10-21)12-4-3-7-17-9-12/h3-10,16H,1-2H3,(H,18,19). The molecule has 3 rings (SSSR count). The number of anilines is 1. The second-order valence-electron chi connectivity index (χ2n) is 5.00. The van der Waals surface area contributed by atoms with Gasteiger partial charge < -0.3 is 14.7 Å². The molecule has 5 heteroatoms. The average molecular weight is 280 g/mol. The van der Waals surface area contributed by atoms with E-state index in [1.807, 2.05) is 49.2 Å². The number of nitrogens with zero attached hydrogens (tertiary/aromatic N) is 3. The second kappa shape index (κ2) is 5.36. The second-order valence-corrected chi connectivity index (χ2v) is 5.00. The topological polar surface area (TPSA) is 61.9 Å². The highest BCUT2D eigenvalue weighted by molar-refractivity contribution is 5.81. The van der Waals surface area contributed by atoms with E-state index in [1.54, 1.807) is 12.4 Å². The summed E-state index contributed by atoms with van der Waals surface area (Å²) >= 11 is 0. The molecule has 0 aliphatic carbocycles. The zero-order valence-electron chi connectivity index (χ0n) is 11.9. The highest BCUT2D eigenvalue weighted by atomic mass is 16.1. The molecular formula is C16H16N4O. The van der Waals surface area contributed by atoms with Crippen molar-refractivity contribution in [1.29, 1.82) is 0 Å². The molecule has 0 amide bonds. The molecule has 0 fully saturated rings. The number of benzene rings is 1. The molecule has 1 unspecified atom stereocenters. The number of rotatable bonds is 4. The van der Waals surface area contributed by atoms with Gasteiger partial charge in [0, 0.05) is 25.1 Å². The third kappa shape index (κ3) is 2.50. The Hall–Kier alpha value is -2.69. The molecular weight excluding hydrogens is 264 g/mol. The molecule has 0 saturated carbocycles. The Morgan fingerprint density at radius 2 is 2.19 bits per heavy atom. The number of nitrogens with one attached hydrogen (secondary N) is 1. The average Bonchev–Trinajstić information content (AvgIpc) is 2.88. The van der Waals surface area contributed by atoms with Gasteiger partial charge in [-0.15, -0.1) is 0 Å². The number of hydrogen-bond acceptors (Lipinski definition) is 4. The van der Waals surface area contributed by atoms with Crippen LogP contribution in [0, 0.1) is 6.92 Å². The summed E-state index contributed by atoms with van der Waals surface area (Å²) in [5.41, 5.74) is 3.71. The molecule has 0 aliphatic heterocycles. The van der Waals surface area contributed by atoms with E-state index < -0.39 is 0 Å². The van der Waals surface area contributed by atoms with Crippen LogP contribution in [-0.4, -0.2) is 28.3 Å². The van der Waals surface area contributed by atoms with Crippen LogP contribution in [0.25, 0.3) is 11.0 Å². The predicted octanol–water partition coefficient (Wildman–Crippen LogP) is 2.64. The summed E-state index contributed by atoms with van der Waals surface area (Å²) in [6, 6.07) is 9.30. The molecule has 0 spiro atoms. The Bertz CT molecular complexity index is 766. The van der Waals surface area contributed by atoms with Crippen molar-refractivity contribution < 1.29 is 4.79 Å². The number of aromatic nitrogens is 3. The Kier molecular flexibility index (Phi) is 3.39. The molecule has 1 atom stereocenters. The predicted molar refractivity (Wildman–Crippen MR) is 82.3 cm³/mol. The first kappa shape index (κ1) is 13.3. The molecule has 3 aromatic rings. The number of carbonyl (C=O) groups is 1. The van der Waals surface area contributed by atoms with E-state index in [2.05, 4.69) is 15.0 Å². The number of likely N-dealkylation sites (N-methyl/N-ethyl adjacent to an activating group) is 1. The van der Waals surface area contributed by atoms with E-state index in [9.17, 15) is 4.79 Å². The molecule has 0 radical (unpaired) electrons. The van der Waals surface area contributed by atoms with Crippen molar-refractivity contribution in [2.45, 2.75) is 13.0 Å². The van der Waals surface area contributed by atoms with Gasteiger partial charge in [0.1, 0.15) is 18.2 Å². The molecule has 0 aliphatic rings. The Labute approximate surface area is 122 Å². The van der Waals surface area contributed by atoms with Gasteiger partial charge in [-0.25, -0.2) is 4.98 Å². The Morgan fingerprint density at radius 3 is 2.90 bits per heavy atom. The van der Waals surface area contributed by atoms with Gasteiger partial charge in [0.15, 0.2) is 0 Å². The van der Waals surface area contributed by atoms with Crippen LogP contribution in [0.1, 0.15) is 17.4 Å². The molecule has 1 aromatic carbocycles. The van der Waals surface area contributed by atoms with Gasteiger partial charge in [0.05, 0.1) is 11.0 Å². The van der Waals surface area contributed by atoms with Crippen LogP contribution in [-0.2, 0) is 4.79 Å². The quantitative estimate of drug-likeness (QED) is 0.746. The third-order valence-electron chi connectivity index (χ3n) is 3.56. The Balaban J connectivity index is 1.98. The number of fused-ring (bicyclic) bond motifs is 1. The normalized spacial score (nSPS) is 12.3. The number of imidazole rings is 1. The molecule has 21 heavy (non-hydrogen) atoms. The summed E-state index contributed by atoms with van der Waals surface area (Å²) in [5.74, 6) is 0.879. The van der Waals surface area contributed by atoms with Gasteiger partial charge in [-0.1, -0.05) is 6.07 Å². The highest BCUT2D eigenvalue weighted by Gasteiger charge is 2.17. The fourth-order valence-corrected chi connectivity index (χ4v) is 2.45. The smallest absolute Gasteiger partial charge is 0.147 e. The van der Waals surface area contributed by atoms with Crippen LogP contribution in [0.4, 0.5) is 5.69 Å². The fourth-order valence-electron chi connectivity index (χ4n) is 2.45. The van der Waals surface area contributed by atoms with E-state index in [0.717, 1.165) is 34.4 Å². The Morgan fingerprint density at radius 1 is 1.33 bits per heavy atom. The first-order valence-electron chi connectivity index (χ1n) is 6.73. The van der Waals surface area contributed by atoms with Crippen molar-refractivity contribution in [2.75, 3.05) is 11.9 Å². The molecule has 106 valence electrons. The van der Waals surface area contributed by atoms with E-state index in [0.29, 0.717) is 0 Å². The monoisotopic (exact) mass is 280 g/mol. The minimum absolute atomic E-state index is 0.361. The van der Waals surface area contributed by atoms with Crippen LogP contribution in [0.3, 0.4) is 0 Å². The zero-order chi connectivity index (χ0) is 14.8. The lowest BCUT2D eigenvalue weighted by Gasteiger charge is -2.26. The first-order valence-corrected chi connectivity index (χ1v) is 6.73. The molecule has 0 bridgehead atoms. The lowest BCUT2D eigenvalue weighted by atomic mass is 10.1. The van der Waals surface area contributed by atoms with Crippen molar-refractivity contribution in [3.05, 3.63) is 54.1 Å². The fraction of sp³-hybridized carbons (Fsp3) is 0.188. The van der Waals surface area contributed by atoms with Crippen LogP contribution < -0.4 is 4.90 Å². The number of pyridine rings is 1. The van der Waals surface area contributed by atoms with E-state index in [1.165, 1.54) is 0 Å². The lowest BCUT2D eigenvalue weighted by Crippen LogP contribution is -2.25. The number of H-pyrrole nitrogens is 1. The molecule has 5 nitrogen and oxygen atoms in total. The summed E-state index contributed by atoms with van der Waals surface area (Å²) in [6.07, 6.45) is 4.35. The van der Waals surface area contributed by atoms with Crippen LogP contribution in [0.5, 0.6) is 0 Å². The third-order valence-corrected chi connectivity index (χ3v) is 3.56. The van der Waals surface area contributed by atoms with Crippen LogP contribution in [0.15, 0.2) is 42.7 Å². The van der Waals surface area contributed by atoms with Gasteiger partial charge in [-0.3, -0.25) is 4.98 Å². The van der Waals surface area contributed by atoms with Crippen molar-refractivity contribution in [1.82, 2.24) is 15.0 Å². The first-order chi connectivity index (χ1) is 10.2. The number of carbonyl (C=O) groups excluding carboxylic acids is 1.